The standard InChI is InChI=1S/C7H14O4/c8-6-4-2-1-3-5-7(9,10)11/h6,9-11H,1-5H2. The van der Waals surface area contributed by atoms with E-state index in [0.717, 1.165) is 19.1 Å². The Hall–Kier alpha value is -0.450. The first-order valence-corrected chi connectivity index (χ1v) is 3.67. The first kappa shape index (κ1) is 10.6. The van der Waals surface area contributed by atoms with Gasteiger partial charge in [0.25, 0.3) is 5.97 Å². The summed E-state index contributed by atoms with van der Waals surface area (Å²) in [6, 6.07) is 0. The largest absolute Gasteiger partial charge is 0.344 e. The molecule has 0 heterocycles. The maximum absolute atomic E-state index is 9.82. The van der Waals surface area contributed by atoms with Gasteiger partial charge in [-0.15, -0.1) is 0 Å². The first-order chi connectivity index (χ1) is 5.06. The molecule has 4 heteroatoms. The van der Waals surface area contributed by atoms with Crippen LogP contribution in [-0.2, 0) is 4.79 Å². The van der Waals surface area contributed by atoms with Crippen LogP contribution in [0.4, 0.5) is 0 Å². The molecule has 0 amide bonds. The lowest BCUT2D eigenvalue weighted by atomic mass is 10.1. The number of hydrogen-bond acceptors (Lipinski definition) is 4. The minimum atomic E-state index is -2.54. The minimum Gasteiger partial charge on any atom is -0.344 e. The number of carbonyl (C=O) groups excluding carboxylic acids is 1. The van der Waals surface area contributed by atoms with Gasteiger partial charge in [-0.1, -0.05) is 6.42 Å². The van der Waals surface area contributed by atoms with Crippen molar-refractivity contribution < 1.29 is 20.1 Å². The maximum Gasteiger partial charge on any atom is 0.275 e. The van der Waals surface area contributed by atoms with Crippen LogP contribution in [0.25, 0.3) is 0 Å². The SMILES string of the molecule is O=CCCCCCC(O)(O)O. The molecule has 0 aromatic heterocycles. The second-order valence-electron chi connectivity index (χ2n) is 2.54. The Bertz CT molecular complexity index is 105. The summed E-state index contributed by atoms with van der Waals surface area (Å²) in [7, 11) is 0. The van der Waals surface area contributed by atoms with Crippen LogP contribution < -0.4 is 0 Å². The van der Waals surface area contributed by atoms with E-state index in [9.17, 15) is 4.79 Å². The van der Waals surface area contributed by atoms with Gasteiger partial charge < -0.3 is 20.1 Å². The molecule has 0 radical (unpaired) electrons. The Labute approximate surface area is 65.5 Å². The molecule has 0 aliphatic rings. The molecule has 0 saturated carbocycles. The predicted molar refractivity (Wildman–Crippen MR) is 38.5 cm³/mol. The number of carbonyl (C=O) groups is 1. The summed E-state index contributed by atoms with van der Waals surface area (Å²) in [5.74, 6) is -2.54. The van der Waals surface area contributed by atoms with Gasteiger partial charge in [-0.3, -0.25) is 0 Å². The highest BCUT2D eigenvalue weighted by atomic mass is 16.7. The van der Waals surface area contributed by atoms with Gasteiger partial charge >= 0.3 is 0 Å². The Morgan fingerprint density at radius 1 is 1.09 bits per heavy atom. The fourth-order valence-corrected chi connectivity index (χ4v) is 0.767. The Morgan fingerprint density at radius 3 is 2.18 bits per heavy atom. The van der Waals surface area contributed by atoms with Crippen molar-refractivity contribution in [3.05, 3.63) is 0 Å². The van der Waals surface area contributed by atoms with E-state index < -0.39 is 5.97 Å². The highest BCUT2D eigenvalue weighted by Crippen LogP contribution is 2.08. The third-order valence-electron chi connectivity index (χ3n) is 1.33. The molecule has 4 nitrogen and oxygen atoms in total. The average molecular weight is 162 g/mol. The van der Waals surface area contributed by atoms with E-state index in [1.165, 1.54) is 0 Å². The highest BCUT2D eigenvalue weighted by Gasteiger charge is 2.16. The summed E-state index contributed by atoms with van der Waals surface area (Å²) in [5.41, 5.74) is 0. The first-order valence-electron chi connectivity index (χ1n) is 3.67. The van der Waals surface area contributed by atoms with Crippen molar-refractivity contribution >= 4 is 6.29 Å². The van der Waals surface area contributed by atoms with Crippen molar-refractivity contribution in [2.45, 2.75) is 38.1 Å². The van der Waals surface area contributed by atoms with E-state index in [4.69, 9.17) is 15.3 Å². The number of aldehydes is 1. The van der Waals surface area contributed by atoms with E-state index in [1.54, 1.807) is 0 Å². The lowest BCUT2D eigenvalue weighted by molar-refractivity contribution is -0.315. The number of hydrogen-bond donors (Lipinski definition) is 3. The average Bonchev–Trinajstić information content (AvgIpc) is 1.85. The van der Waals surface area contributed by atoms with Crippen LogP contribution in [0.15, 0.2) is 0 Å². The van der Waals surface area contributed by atoms with Crippen LogP contribution in [0, 0.1) is 0 Å². The monoisotopic (exact) mass is 162 g/mol. The van der Waals surface area contributed by atoms with Crippen molar-refractivity contribution in [1.29, 1.82) is 0 Å². The number of unbranched alkanes of at least 4 members (excludes halogenated alkanes) is 3. The van der Waals surface area contributed by atoms with E-state index in [-0.39, 0.29) is 6.42 Å². The van der Waals surface area contributed by atoms with E-state index in [1.807, 2.05) is 0 Å². The Balaban J connectivity index is 3.08. The predicted octanol–water partition coefficient (Wildman–Crippen LogP) is -0.233. The van der Waals surface area contributed by atoms with Gasteiger partial charge in [0.2, 0.25) is 0 Å². The van der Waals surface area contributed by atoms with Crippen LogP contribution in [0.1, 0.15) is 32.1 Å². The number of aliphatic hydroxyl groups is 3. The van der Waals surface area contributed by atoms with Gasteiger partial charge in [-0.25, -0.2) is 0 Å². The third kappa shape index (κ3) is 9.55. The molecular formula is C7H14O4. The second-order valence-corrected chi connectivity index (χ2v) is 2.54. The molecule has 0 saturated heterocycles. The van der Waals surface area contributed by atoms with Gasteiger partial charge in [0.15, 0.2) is 0 Å². The van der Waals surface area contributed by atoms with E-state index in [0.29, 0.717) is 12.8 Å². The summed E-state index contributed by atoms with van der Waals surface area (Å²) >= 11 is 0. The Morgan fingerprint density at radius 2 is 1.73 bits per heavy atom. The molecule has 0 atom stereocenters. The zero-order chi connectivity index (χ0) is 8.74. The molecule has 0 aromatic carbocycles. The molecule has 0 rings (SSSR count). The maximum atomic E-state index is 9.82. The lowest BCUT2D eigenvalue weighted by Gasteiger charge is -2.12. The van der Waals surface area contributed by atoms with E-state index >= 15 is 0 Å². The Kier molecular flexibility index (Phi) is 5.02. The van der Waals surface area contributed by atoms with Crippen molar-refractivity contribution in [1.82, 2.24) is 0 Å². The van der Waals surface area contributed by atoms with Crippen LogP contribution in [-0.4, -0.2) is 27.6 Å². The molecule has 0 unspecified atom stereocenters. The fraction of sp³-hybridized carbons (Fsp3) is 0.857. The molecule has 0 aliphatic carbocycles. The molecule has 0 fully saturated rings. The quantitative estimate of drug-likeness (QED) is 0.286. The summed E-state index contributed by atoms with van der Waals surface area (Å²) in [5, 5.41) is 25.2. The van der Waals surface area contributed by atoms with Gasteiger partial charge in [0.1, 0.15) is 6.29 Å². The van der Waals surface area contributed by atoms with Gasteiger partial charge in [-0.2, -0.15) is 0 Å². The van der Waals surface area contributed by atoms with Crippen LogP contribution in [0.2, 0.25) is 0 Å². The topological polar surface area (TPSA) is 77.8 Å². The van der Waals surface area contributed by atoms with E-state index in [2.05, 4.69) is 0 Å². The van der Waals surface area contributed by atoms with Gasteiger partial charge in [-0.05, 0) is 12.8 Å². The normalized spacial score (nSPS) is 11.5. The van der Waals surface area contributed by atoms with Crippen LogP contribution >= 0.6 is 0 Å². The van der Waals surface area contributed by atoms with Crippen LogP contribution in [0.3, 0.4) is 0 Å². The fourth-order valence-electron chi connectivity index (χ4n) is 0.767. The van der Waals surface area contributed by atoms with Crippen molar-refractivity contribution in [2.75, 3.05) is 0 Å². The van der Waals surface area contributed by atoms with Crippen molar-refractivity contribution in [2.24, 2.45) is 0 Å². The lowest BCUT2D eigenvalue weighted by Crippen LogP contribution is -2.26. The zero-order valence-electron chi connectivity index (χ0n) is 6.36. The highest BCUT2D eigenvalue weighted by molar-refractivity contribution is 5.48. The van der Waals surface area contributed by atoms with Crippen LogP contribution in [0.5, 0.6) is 0 Å². The molecular weight excluding hydrogens is 148 g/mol. The molecule has 0 aromatic rings. The molecule has 0 bridgehead atoms. The minimum absolute atomic E-state index is 0.0636. The third-order valence-corrected chi connectivity index (χ3v) is 1.33. The summed E-state index contributed by atoms with van der Waals surface area (Å²) in [4.78, 5) is 9.82. The molecule has 11 heavy (non-hydrogen) atoms. The van der Waals surface area contributed by atoms with Crippen molar-refractivity contribution in [3.8, 4) is 0 Å². The summed E-state index contributed by atoms with van der Waals surface area (Å²) in [6.45, 7) is 0. The van der Waals surface area contributed by atoms with Gasteiger partial charge in [0.05, 0.1) is 0 Å². The molecule has 0 spiro atoms. The smallest absolute Gasteiger partial charge is 0.275 e. The molecule has 0 aliphatic heterocycles. The van der Waals surface area contributed by atoms with Gasteiger partial charge in [0, 0.05) is 12.8 Å². The summed E-state index contributed by atoms with van der Waals surface area (Å²) in [6.07, 6.45) is 3.23. The second kappa shape index (κ2) is 5.23. The molecule has 66 valence electrons. The zero-order valence-corrected chi connectivity index (χ0v) is 6.36. The summed E-state index contributed by atoms with van der Waals surface area (Å²) < 4.78 is 0. The van der Waals surface area contributed by atoms with Crippen molar-refractivity contribution in [3.63, 3.8) is 0 Å². The molecule has 3 N–H and O–H groups in total. The number of rotatable bonds is 6.